The van der Waals surface area contributed by atoms with Crippen LogP contribution in [0.25, 0.3) is 0 Å². The van der Waals surface area contributed by atoms with Crippen LogP contribution in [-0.4, -0.2) is 5.11 Å². The summed E-state index contributed by atoms with van der Waals surface area (Å²) < 4.78 is 0. The number of rotatable bonds is 9. The van der Waals surface area contributed by atoms with Crippen LogP contribution in [-0.2, 0) is 0 Å². The van der Waals surface area contributed by atoms with Gasteiger partial charge < -0.3 is 5.11 Å². The zero-order valence-corrected chi connectivity index (χ0v) is 15.1. The van der Waals surface area contributed by atoms with Gasteiger partial charge >= 0.3 is 0 Å². The molecule has 0 aliphatic heterocycles. The quantitative estimate of drug-likeness (QED) is 0.500. The number of benzene rings is 2. The molecule has 2 rings (SSSR count). The average Bonchev–Trinajstić information content (AvgIpc) is 2.55. The van der Waals surface area contributed by atoms with Crippen LogP contribution in [0.5, 0.6) is 5.75 Å². The lowest BCUT2D eigenvalue weighted by Gasteiger charge is -2.16. The Kier molecular flexibility index (Phi) is 7.54. The molecule has 124 valence electrons. The summed E-state index contributed by atoms with van der Waals surface area (Å²) in [5.74, 6) is 0.911. The van der Waals surface area contributed by atoms with E-state index in [4.69, 9.17) is 0 Å². The molecule has 2 aromatic rings. The fourth-order valence-corrected chi connectivity index (χ4v) is 3.98. The Hall–Kier alpha value is -1.41. The van der Waals surface area contributed by atoms with E-state index >= 15 is 0 Å². The summed E-state index contributed by atoms with van der Waals surface area (Å²) in [4.78, 5) is 2.40. The van der Waals surface area contributed by atoms with E-state index < -0.39 is 0 Å². The van der Waals surface area contributed by atoms with Crippen molar-refractivity contribution in [2.75, 3.05) is 0 Å². The number of hydrogen-bond acceptors (Lipinski definition) is 2. The van der Waals surface area contributed by atoms with Crippen molar-refractivity contribution < 1.29 is 5.11 Å². The van der Waals surface area contributed by atoms with Crippen LogP contribution < -0.4 is 0 Å². The van der Waals surface area contributed by atoms with Crippen LogP contribution in [0.3, 0.4) is 0 Å². The molecule has 0 fully saturated rings. The molecule has 1 nitrogen and oxygen atoms in total. The highest BCUT2D eigenvalue weighted by Gasteiger charge is 2.11. The summed E-state index contributed by atoms with van der Waals surface area (Å²) in [7, 11) is 0. The number of aromatic hydroxyl groups is 1. The minimum Gasteiger partial charge on any atom is -0.508 e. The number of phenolic OH excluding ortho intramolecular Hbond substituents is 1. The first-order valence-corrected chi connectivity index (χ1v) is 9.58. The molecule has 0 amide bonds. The smallest absolute Gasteiger partial charge is 0.116 e. The predicted octanol–water partition coefficient (Wildman–Crippen LogP) is 7.01. The largest absolute Gasteiger partial charge is 0.508 e. The standard InChI is InChI=1S/C21H28OS/c1-3-4-5-6-7-11-17(2)20-14-8-9-15-21(20)23-19-13-10-12-18(22)16-19/h8-10,12-17,22H,3-7,11H2,1-2H3. The molecule has 0 aliphatic carbocycles. The van der Waals surface area contributed by atoms with E-state index in [1.54, 1.807) is 17.8 Å². The Morgan fingerprint density at radius 1 is 0.957 bits per heavy atom. The van der Waals surface area contributed by atoms with Gasteiger partial charge in [-0.2, -0.15) is 0 Å². The summed E-state index contributed by atoms with van der Waals surface area (Å²) in [5.41, 5.74) is 1.43. The Morgan fingerprint density at radius 3 is 2.52 bits per heavy atom. The molecule has 0 saturated heterocycles. The third-order valence-electron chi connectivity index (χ3n) is 4.24. The fraction of sp³-hybridized carbons (Fsp3) is 0.429. The minimum absolute atomic E-state index is 0.330. The zero-order chi connectivity index (χ0) is 16.5. The molecular weight excluding hydrogens is 300 g/mol. The molecule has 0 bridgehead atoms. The van der Waals surface area contributed by atoms with Crippen molar-refractivity contribution in [2.45, 2.75) is 68.1 Å². The summed E-state index contributed by atoms with van der Waals surface area (Å²) in [6.07, 6.45) is 7.94. The van der Waals surface area contributed by atoms with E-state index in [1.165, 1.54) is 49.0 Å². The van der Waals surface area contributed by atoms with E-state index in [2.05, 4.69) is 44.2 Å². The van der Waals surface area contributed by atoms with E-state index in [0.717, 1.165) is 4.90 Å². The lowest BCUT2D eigenvalue weighted by Crippen LogP contribution is -1.96. The lowest BCUT2D eigenvalue weighted by molar-refractivity contribution is 0.474. The molecule has 0 heterocycles. The van der Waals surface area contributed by atoms with E-state index in [1.807, 2.05) is 12.1 Å². The predicted molar refractivity (Wildman–Crippen MR) is 100 cm³/mol. The molecular formula is C21H28OS. The van der Waals surface area contributed by atoms with Gasteiger partial charge in [-0.1, -0.05) is 82.0 Å². The molecule has 23 heavy (non-hydrogen) atoms. The first kappa shape index (κ1) is 17.9. The van der Waals surface area contributed by atoms with Gasteiger partial charge in [0.05, 0.1) is 0 Å². The van der Waals surface area contributed by atoms with E-state index in [9.17, 15) is 5.11 Å². The maximum Gasteiger partial charge on any atom is 0.116 e. The number of unbranched alkanes of at least 4 members (excludes halogenated alkanes) is 4. The third-order valence-corrected chi connectivity index (χ3v) is 5.32. The van der Waals surface area contributed by atoms with Gasteiger partial charge in [0.1, 0.15) is 5.75 Å². The van der Waals surface area contributed by atoms with Crippen molar-refractivity contribution in [3.05, 3.63) is 54.1 Å². The molecule has 0 saturated carbocycles. The van der Waals surface area contributed by atoms with Crippen LogP contribution >= 0.6 is 11.8 Å². The maximum absolute atomic E-state index is 9.64. The molecule has 1 atom stereocenters. The Balaban J connectivity index is 1.99. The fourth-order valence-electron chi connectivity index (χ4n) is 2.86. The van der Waals surface area contributed by atoms with Crippen LogP contribution in [0.15, 0.2) is 58.3 Å². The number of hydrogen-bond donors (Lipinski definition) is 1. The third kappa shape index (κ3) is 5.95. The van der Waals surface area contributed by atoms with Gasteiger partial charge in [0, 0.05) is 9.79 Å². The maximum atomic E-state index is 9.64. The minimum atomic E-state index is 0.330. The van der Waals surface area contributed by atoms with Gasteiger partial charge in [0.2, 0.25) is 0 Å². The van der Waals surface area contributed by atoms with Crippen molar-refractivity contribution in [1.82, 2.24) is 0 Å². The molecule has 0 spiro atoms. The van der Waals surface area contributed by atoms with Gasteiger partial charge in [0.25, 0.3) is 0 Å². The van der Waals surface area contributed by atoms with Crippen molar-refractivity contribution >= 4 is 11.8 Å². The second kappa shape index (κ2) is 9.67. The van der Waals surface area contributed by atoms with E-state index in [0.29, 0.717) is 11.7 Å². The molecule has 0 aromatic heterocycles. The van der Waals surface area contributed by atoms with Gasteiger partial charge in [-0.05, 0) is 42.2 Å². The molecule has 2 heteroatoms. The monoisotopic (exact) mass is 328 g/mol. The van der Waals surface area contributed by atoms with Gasteiger partial charge in [-0.3, -0.25) is 0 Å². The van der Waals surface area contributed by atoms with Gasteiger partial charge in [-0.25, -0.2) is 0 Å². The van der Waals surface area contributed by atoms with Crippen molar-refractivity contribution in [3.63, 3.8) is 0 Å². The first-order valence-electron chi connectivity index (χ1n) is 8.76. The molecule has 2 aromatic carbocycles. The first-order chi connectivity index (χ1) is 11.2. The Morgan fingerprint density at radius 2 is 1.74 bits per heavy atom. The van der Waals surface area contributed by atoms with Gasteiger partial charge in [0.15, 0.2) is 0 Å². The summed E-state index contributed by atoms with van der Waals surface area (Å²) >= 11 is 1.74. The topological polar surface area (TPSA) is 20.2 Å². The normalized spacial score (nSPS) is 12.3. The second-order valence-corrected chi connectivity index (χ2v) is 7.36. The van der Waals surface area contributed by atoms with Crippen LogP contribution in [0, 0.1) is 0 Å². The van der Waals surface area contributed by atoms with Crippen molar-refractivity contribution in [3.8, 4) is 5.75 Å². The highest BCUT2D eigenvalue weighted by Crippen LogP contribution is 2.36. The van der Waals surface area contributed by atoms with Crippen LogP contribution in [0.2, 0.25) is 0 Å². The van der Waals surface area contributed by atoms with Crippen molar-refractivity contribution in [2.24, 2.45) is 0 Å². The van der Waals surface area contributed by atoms with E-state index in [-0.39, 0.29) is 0 Å². The van der Waals surface area contributed by atoms with Crippen LogP contribution in [0.1, 0.15) is 63.9 Å². The molecule has 1 unspecified atom stereocenters. The van der Waals surface area contributed by atoms with Crippen LogP contribution in [0.4, 0.5) is 0 Å². The summed E-state index contributed by atoms with van der Waals surface area (Å²) in [6.45, 7) is 4.60. The number of phenols is 1. The Labute approximate surface area is 145 Å². The van der Waals surface area contributed by atoms with Gasteiger partial charge in [-0.15, -0.1) is 0 Å². The highest BCUT2D eigenvalue weighted by atomic mass is 32.2. The highest BCUT2D eigenvalue weighted by molar-refractivity contribution is 7.99. The summed E-state index contributed by atoms with van der Waals surface area (Å²) in [5, 5.41) is 9.64. The van der Waals surface area contributed by atoms with Crippen molar-refractivity contribution in [1.29, 1.82) is 0 Å². The average molecular weight is 329 g/mol. The zero-order valence-electron chi connectivity index (χ0n) is 14.3. The second-order valence-electron chi connectivity index (χ2n) is 6.24. The Bertz CT molecular complexity index is 594. The SMILES string of the molecule is CCCCCCCC(C)c1ccccc1Sc1cccc(O)c1. The molecule has 0 aliphatic rings. The summed E-state index contributed by atoms with van der Waals surface area (Å²) in [6, 6.07) is 16.2. The lowest BCUT2D eigenvalue weighted by atomic mass is 9.95. The molecule has 1 N–H and O–H groups in total. The molecule has 0 radical (unpaired) electrons.